The Hall–Kier alpha value is -2.37. The Labute approximate surface area is 371 Å². The lowest BCUT2D eigenvalue weighted by molar-refractivity contribution is -0.161. The highest BCUT2D eigenvalue weighted by Crippen LogP contribution is 2.43. The van der Waals surface area contributed by atoms with Crippen molar-refractivity contribution in [3.05, 3.63) is 60.8 Å². The van der Waals surface area contributed by atoms with Crippen LogP contribution in [0, 0.1) is 0 Å². The average molecular weight is 882 g/mol. The largest absolute Gasteiger partial charge is 0.472 e. The van der Waals surface area contributed by atoms with Gasteiger partial charge in [0.15, 0.2) is 6.10 Å². The molecule has 0 saturated carbocycles. The Bertz CT molecular complexity index is 1220. The fourth-order valence-corrected chi connectivity index (χ4v) is 7.20. The van der Waals surface area contributed by atoms with E-state index in [0.29, 0.717) is 25.7 Å². The molecule has 0 aromatic carbocycles. The van der Waals surface area contributed by atoms with Gasteiger partial charge in [-0.3, -0.25) is 18.6 Å². The van der Waals surface area contributed by atoms with Gasteiger partial charge in [0.1, 0.15) is 6.61 Å². The van der Waals surface area contributed by atoms with Gasteiger partial charge in [-0.25, -0.2) is 4.57 Å². The molecule has 1 unspecified atom stereocenters. The van der Waals surface area contributed by atoms with Gasteiger partial charge in [-0.1, -0.05) is 184 Å². The van der Waals surface area contributed by atoms with Gasteiger partial charge in [0.25, 0.3) is 0 Å². The fraction of sp³-hybridized carbons (Fsp3) is 0.755. The number of unbranched alkanes of at least 4 members (excludes halogenated alkanes) is 19. The van der Waals surface area contributed by atoms with Crippen LogP contribution in [0.1, 0.15) is 194 Å². The van der Waals surface area contributed by atoms with E-state index in [1.807, 2.05) is 30.4 Å². The van der Waals surface area contributed by atoms with Crippen molar-refractivity contribution >= 4 is 19.8 Å². The first-order chi connectivity index (χ1) is 29.6. The molecule has 0 heterocycles. The number of ether oxygens (including phenoxy) is 2. The predicted molar refractivity (Wildman–Crippen MR) is 250 cm³/mol. The number of aliphatic hydroxyl groups excluding tert-OH is 2. The quantitative estimate of drug-likeness (QED) is 0.0151. The topological polar surface area (TPSA) is 175 Å². The summed E-state index contributed by atoms with van der Waals surface area (Å²) in [6, 6.07) is 0. The van der Waals surface area contributed by atoms with Gasteiger partial charge in [-0.15, -0.1) is 0 Å². The monoisotopic (exact) mass is 882 g/mol. The SMILES string of the molecule is CCCCCCCC/C=C\CCCCCCCCCCCCCC(=O)O[C@H](COC(=O)CCC[C@@H](O)/C=C/C=C\C/C=C\C=C\[C@@H](O)CCCCC)COP(=O)(O)OCCN. The van der Waals surface area contributed by atoms with E-state index < -0.39 is 44.7 Å². The molecule has 0 spiro atoms. The van der Waals surface area contributed by atoms with Crippen LogP contribution in [-0.4, -0.2) is 71.7 Å². The number of hydrogen-bond acceptors (Lipinski definition) is 10. The van der Waals surface area contributed by atoms with Crippen LogP contribution in [0.25, 0.3) is 0 Å². The van der Waals surface area contributed by atoms with Crippen LogP contribution in [-0.2, 0) is 32.7 Å². The summed E-state index contributed by atoms with van der Waals surface area (Å²) in [6.45, 7) is 3.37. The molecule has 11 nitrogen and oxygen atoms in total. The third kappa shape index (κ3) is 44.0. The smallest absolute Gasteiger partial charge is 0.462 e. The van der Waals surface area contributed by atoms with E-state index in [1.165, 1.54) is 96.3 Å². The van der Waals surface area contributed by atoms with Gasteiger partial charge in [-0.05, 0) is 57.8 Å². The maximum absolute atomic E-state index is 12.6. The Morgan fingerprint density at radius 2 is 1.05 bits per heavy atom. The number of phosphoric acid groups is 1. The lowest BCUT2D eigenvalue weighted by Gasteiger charge is -2.20. The van der Waals surface area contributed by atoms with Crippen molar-refractivity contribution < 1.29 is 47.8 Å². The average Bonchev–Trinajstić information content (AvgIpc) is 3.24. The highest BCUT2D eigenvalue weighted by molar-refractivity contribution is 7.47. The summed E-state index contributed by atoms with van der Waals surface area (Å²) in [5.41, 5.74) is 5.34. The summed E-state index contributed by atoms with van der Waals surface area (Å²) in [7, 11) is -4.44. The van der Waals surface area contributed by atoms with Gasteiger partial charge in [0.2, 0.25) is 0 Å². The Morgan fingerprint density at radius 1 is 0.574 bits per heavy atom. The molecule has 0 aliphatic heterocycles. The van der Waals surface area contributed by atoms with E-state index in [2.05, 4.69) is 26.0 Å². The Kier molecular flexibility index (Phi) is 42.5. The summed E-state index contributed by atoms with van der Waals surface area (Å²) in [4.78, 5) is 35.0. The number of carbonyl (C=O) groups is 2. The summed E-state index contributed by atoms with van der Waals surface area (Å²) >= 11 is 0. The van der Waals surface area contributed by atoms with Crippen molar-refractivity contribution in [2.45, 2.75) is 212 Å². The summed E-state index contributed by atoms with van der Waals surface area (Å²) < 4.78 is 32.7. The highest BCUT2D eigenvalue weighted by atomic mass is 31.2. The third-order valence-electron chi connectivity index (χ3n) is 10.1. The van der Waals surface area contributed by atoms with Crippen molar-refractivity contribution in [1.82, 2.24) is 0 Å². The van der Waals surface area contributed by atoms with Crippen LogP contribution in [0.15, 0.2) is 60.8 Å². The first-order valence-electron chi connectivity index (χ1n) is 24.0. The van der Waals surface area contributed by atoms with Crippen LogP contribution in [0.2, 0.25) is 0 Å². The molecule has 0 aromatic heterocycles. The normalized spacial score (nSPS) is 14.8. The van der Waals surface area contributed by atoms with Crippen molar-refractivity contribution in [1.29, 1.82) is 0 Å². The summed E-state index contributed by atoms with van der Waals surface area (Å²) in [6.07, 6.45) is 46.1. The Balaban J connectivity index is 4.29. The predicted octanol–water partition coefficient (Wildman–Crippen LogP) is 12.0. The van der Waals surface area contributed by atoms with E-state index in [9.17, 15) is 29.3 Å². The van der Waals surface area contributed by atoms with E-state index in [0.717, 1.165) is 44.9 Å². The molecule has 0 rings (SSSR count). The lowest BCUT2D eigenvalue weighted by Crippen LogP contribution is -2.29. The van der Waals surface area contributed by atoms with Crippen molar-refractivity contribution in [3.8, 4) is 0 Å². The van der Waals surface area contributed by atoms with Gasteiger partial charge in [-0.2, -0.15) is 0 Å². The molecule has 0 aliphatic rings. The molecule has 4 atom stereocenters. The number of rotatable bonds is 44. The number of esters is 2. The molecule has 354 valence electrons. The maximum atomic E-state index is 12.6. The van der Waals surface area contributed by atoms with Crippen LogP contribution in [0.4, 0.5) is 0 Å². The Morgan fingerprint density at radius 3 is 1.59 bits per heavy atom. The number of allylic oxidation sites excluding steroid dienone is 8. The first kappa shape index (κ1) is 58.6. The van der Waals surface area contributed by atoms with Gasteiger partial charge in [0, 0.05) is 19.4 Å². The number of hydrogen-bond donors (Lipinski definition) is 4. The molecular weight excluding hydrogens is 794 g/mol. The van der Waals surface area contributed by atoms with Gasteiger partial charge >= 0.3 is 19.8 Å². The number of aliphatic hydroxyl groups is 2. The second kappa shape index (κ2) is 44.2. The minimum atomic E-state index is -4.44. The molecule has 0 saturated heterocycles. The van der Waals surface area contributed by atoms with Crippen molar-refractivity contribution in [2.75, 3.05) is 26.4 Å². The van der Waals surface area contributed by atoms with Crippen molar-refractivity contribution in [3.63, 3.8) is 0 Å². The maximum Gasteiger partial charge on any atom is 0.472 e. The fourth-order valence-electron chi connectivity index (χ4n) is 6.43. The molecule has 0 aromatic rings. The minimum absolute atomic E-state index is 0.0187. The number of phosphoric ester groups is 1. The van der Waals surface area contributed by atoms with Crippen LogP contribution in [0.5, 0.6) is 0 Å². The molecule has 61 heavy (non-hydrogen) atoms. The van der Waals surface area contributed by atoms with Crippen LogP contribution in [0.3, 0.4) is 0 Å². The minimum Gasteiger partial charge on any atom is -0.462 e. The van der Waals surface area contributed by atoms with Crippen LogP contribution < -0.4 is 5.73 Å². The molecule has 0 fully saturated rings. The zero-order valence-electron chi connectivity index (χ0n) is 38.4. The summed E-state index contributed by atoms with van der Waals surface area (Å²) in [5, 5.41) is 20.2. The standard InChI is InChI=1S/C49H88NO10P/c1-3-5-7-8-9-10-11-12-13-14-15-16-17-18-19-20-21-22-26-29-33-39-49(54)60-47(44-59-61(55,56)58-42-41-50)43-57-48(53)40-34-38-46(52)37-32-28-25-23-24-27-31-36-45(51)35-30-6-4-2/h12-13,24-25,27-28,31-32,36-37,45-47,51-52H,3-11,14-23,26,29-30,33-35,38-44,50H2,1-2H3,(H,55,56)/b13-12-,27-24-,28-25-,36-31+,37-32+/t45-,46-,47+/m0/s1. The van der Waals surface area contributed by atoms with Crippen LogP contribution >= 0.6 is 7.82 Å². The molecule has 0 aliphatic carbocycles. The highest BCUT2D eigenvalue weighted by Gasteiger charge is 2.26. The summed E-state index contributed by atoms with van der Waals surface area (Å²) in [5.74, 6) is -1.06. The lowest BCUT2D eigenvalue weighted by atomic mass is 10.0. The number of nitrogens with two attached hydrogens (primary N) is 1. The second-order valence-corrected chi connectivity index (χ2v) is 17.5. The first-order valence-corrected chi connectivity index (χ1v) is 25.5. The van der Waals surface area contributed by atoms with Gasteiger partial charge in [0.05, 0.1) is 25.4 Å². The van der Waals surface area contributed by atoms with Crippen molar-refractivity contribution in [2.24, 2.45) is 5.73 Å². The van der Waals surface area contributed by atoms with E-state index in [1.54, 1.807) is 18.2 Å². The molecular formula is C49H88NO10P. The molecule has 12 heteroatoms. The van der Waals surface area contributed by atoms with E-state index in [-0.39, 0.29) is 32.6 Å². The molecule has 0 bridgehead atoms. The molecule has 5 N–H and O–H groups in total. The molecule has 0 amide bonds. The van der Waals surface area contributed by atoms with E-state index >= 15 is 0 Å². The van der Waals surface area contributed by atoms with E-state index in [4.69, 9.17) is 24.3 Å². The van der Waals surface area contributed by atoms with Gasteiger partial charge < -0.3 is 30.3 Å². The third-order valence-corrected chi connectivity index (χ3v) is 11.1. The second-order valence-electron chi connectivity index (χ2n) is 16.0. The zero-order valence-corrected chi connectivity index (χ0v) is 39.3. The zero-order chi connectivity index (χ0) is 44.9. The molecule has 0 radical (unpaired) electrons. The number of carbonyl (C=O) groups excluding carboxylic acids is 2.